The molecule has 0 amide bonds. The quantitative estimate of drug-likeness (QED) is 0.636. The smallest absolute Gasteiger partial charge is 0.0106 e. The Morgan fingerprint density at radius 2 is 0.571 bits per heavy atom. The Bertz CT molecular complexity index is 16.3. The molecule has 0 rings (SSSR count). The van der Waals surface area contributed by atoms with Gasteiger partial charge in [0.15, 0.2) is 0 Å². The van der Waals surface area contributed by atoms with Crippen LogP contribution in [0.2, 0.25) is 0 Å². The minimum Gasteiger partial charge on any atom is -0.331 e. The van der Waals surface area contributed by atoms with E-state index in [2.05, 4.69) is 27.7 Å². The first-order valence-electron chi connectivity index (χ1n) is 6.06. The molecule has 4 N–H and O–H groups in total. The van der Waals surface area contributed by atoms with Crippen molar-refractivity contribution in [1.29, 1.82) is 0 Å². The van der Waals surface area contributed by atoms with Gasteiger partial charge in [-0.3, -0.25) is 0 Å². The first-order valence-corrected chi connectivity index (χ1v) is 6.06. The Hall–Kier alpha value is -0.0800. The van der Waals surface area contributed by atoms with Crippen molar-refractivity contribution in [2.45, 2.75) is 68.2 Å². The standard InChI is InChI=1S/2C3H8.2C2H7N.C2H6/c2*1-3-2;2*1-2-3;1-2/h2*3H2,1-2H3;2*2-3H2,1H3;1-2H3. The lowest BCUT2D eigenvalue weighted by Crippen LogP contribution is -1.87. The monoisotopic (exact) mass is 208 g/mol. The van der Waals surface area contributed by atoms with Gasteiger partial charge in [-0.05, 0) is 13.1 Å². The van der Waals surface area contributed by atoms with E-state index in [9.17, 15) is 0 Å². The lowest BCUT2D eigenvalue weighted by molar-refractivity contribution is 1.09. The molecule has 0 fully saturated rings. The molecule has 0 aromatic heterocycles. The Labute approximate surface area is 93.5 Å². The van der Waals surface area contributed by atoms with Crippen LogP contribution in [0.1, 0.15) is 68.2 Å². The van der Waals surface area contributed by atoms with Crippen molar-refractivity contribution in [3.63, 3.8) is 0 Å². The molecule has 0 saturated heterocycles. The van der Waals surface area contributed by atoms with Gasteiger partial charge in [-0.2, -0.15) is 0 Å². The molecule has 0 bridgehead atoms. The molecule has 0 spiro atoms. The Morgan fingerprint density at radius 3 is 0.571 bits per heavy atom. The van der Waals surface area contributed by atoms with Gasteiger partial charge in [0, 0.05) is 0 Å². The molecule has 0 radical (unpaired) electrons. The van der Waals surface area contributed by atoms with Crippen LogP contribution in [0.15, 0.2) is 0 Å². The van der Waals surface area contributed by atoms with Gasteiger partial charge >= 0.3 is 0 Å². The summed E-state index contributed by atoms with van der Waals surface area (Å²) in [4.78, 5) is 0. The van der Waals surface area contributed by atoms with Crippen molar-refractivity contribution < 1.29 is 0 Å². The molecular weight excluding hydrogens is 172 g/mol. The van der Waals surface area contributed by atoms with Crippen LogP contribution in [-0.4, -0.2) is 13.1 Å². The maximum absolute atomic E-state index is 4.85. The van der Waals surface area contributed by atoms with E-state index in [1.165, 1.54) is 12.8 Å². The minimum atomic E-state index is 0.750. The molecule has 14 heavy (non-hydrogen) atoms. The first kappa shape index (κ1) is 29.2. The lowest BCUT2D eigenvalue weighted by atomic mass is 10.6. The van der Waals surface area contributed by atoms with Crippen LogP contribution >= 0.6 is 0 Å². The second-order valence-electron chi connectivity index (χ2n) is 2.23. The van der Waals surface area contributed by atoms with Crippen LogP contribution in [0.4, 0.5) is 0 Å². The maximum Gasteiger partial charge on any atom is -0.0106 e. The molecule has 0 saturated carbocycles. The zero-order valence-electron chi connectivity index (χ0n) is 12.0. The molecule has 0 aromatic rings. The van der Waals surface area contributed by atoms with Crippen LogP contribution in [0.3, 0.4) is 0 Å². The summed E-state index contributed by atoms with van der Waals surface area (Å²) in [6, 6.07) is 0. The zero-order valence-corrected chi connectivity index (χ0v) is 12.0. The lowest BCUT2D eigenvalue weighted by Gasteiger charge is -1.53. The molecule has 0 aliphatic carbocycles. The fraction of sp³-hybridized carbons (Fsp3) is 1.00. The molecule has 0 heterocycles. The Morgan fingerprint density at radius 1 is 0.571 bits per heavy atom. The molecule has 0 atom stereocenters. The predicted molar refractivity (Wildman–Crippen MR) is 72.7 cm³/mol. The molecule has 0 aliphatic heterocycles. The third-order valence-corrected chi connectivity index (χ3v) is 0. The zero-order chi connectivity index (χ0) is 12.8. The summed E-state index contributed by atoms with van der Waals surface area (Å²) in [7, 11) is 0. The van der Waals surface area contributed by atoms with Crippen molar-refractivity contribution in [2.24, 2.45) is 11.5 Å². The molecule has 0 unspecified atom stereocenters. The van der Waals surface area contributed by atoms with E-state index in [0.29, 0.717) is 0 Å². The molecular formula is C12H36N2. The van der Waals surface area contributed by atoms with Gasteiger partial charge in [0.05, 0.1) is 0 Å². The Kier molecular flexibility index (Phi) is 249. The predicted octanol–water partition coefficient (Wildman–Crippen LogP) is 3.79. The Balaban J connectivity index is -0.0000000243. The van der Waals surface area contributed by atoms with Crippen molar-refractivity contribution in [2.75, 3.05) is 13.1 Å². The van der Waals surface area contributed by atoms with Crippen molar-refractivity contribution in [3.05, 3.63) is 0 Å². The van der Waals surface area contributed by atoms with Gasteiger partial charge in [0.25, 0.3) is 0 Å². The number of rotatable bonds is 0. The molecule has 2 heteroatoms. The van der Waals surface area contributed by atoms with Crippen LogP contribution in [0.5, 0.6) is 0 Å². The normalized spacial score (nSPS) is 5.57. The maximum atomic E-state index is 4.85. The molecule has 94 valence electrons. The molecule has 2 nitrogen and oxygen atoms in total. The average Bonchev–Trinajstić information content (AvgIpc) is 2.12. The van der Waals surface area contributed by atoms with Crippen LogP contribution < -0.4 is 11.5 Å². The van der Waals surface area contributed by atoms with Crippen molar-refractivity contribution in [3.8, 4) is 0 Å². The van der Waals surface area contributed by atoms with Gasteiger partial charge in [-0.15, -0.1) is 0 Å². The molecule has 0 aliphatic rings. The highest BCUT2D eigenvalue weighted by molar-refractivity contribution is 4.00. The van der Waals surface area contributed by atoms with Gasteiger partial charge < -0.3 is 11.5 Å². The summed E-state index contributed by atoms with van der Waals surface area (Å²) >= 11 is 0. The second kappa shape index (κ2) is 119. The van der Waals surface area contributed by atoms with Crippen LogP contribution in [0, 0.1) is 0 Å². The van der Waals surface area contributed by atoms with E-state index in [1.807, 2.05) is 27.7 Å². The second-order valence-corrected chi connectivity index (χ2v) is 2.23. The van der Waals surface area contributed by atoms with E-state index in [4.69, 9.17) is 11.5 Å². The van der Waals surface area contributed by atoms with E-state index >= 15 is 0 Å². The highest BCUT2D eigenvalue weighted by Crippen LogP contribution is 1.56. The summed E-state index contributed by atoms with van der Waals surface area (Å²) in [5.41, 5.74) is 9.69. The highest BCUT2D eigenvalue weighted by atomic mass is 14.5. The number of nitrogens with two attached hydrogens (primary N) is 2. The third kappa shape index (κ3) is 222000. The van der Waals surface area contributed by atoms with Crippen LogP contribution in [0.25, 0.3) is 0 Å². The highest BCUT2D eigenvalue weighted by Gasteiger charge is 1.36. The SMILES string of the molecule is CC.CCC.CCC.CCN.CCN. The number of hydrogen-bond donors (Lipinski definition) is 2. The average molecular weight is 208 g/mol. The van der Waals surface area contributed by atoms with Crippen LogP contribution in [-0.2, 0) is 0 Å². The fourth-order valence-corrected chi connectivity index (χ4v) is 0. The first-order chi connectivity index (χ1) is 6.66. The summed E-state index contributed by atoms with van der Waals surface area (Å²) < 4.78 is 0. The van der Waals surface area contributed by atoms with Gasteiger partial charge in [-0.25, -0.2) is 0 Å². The van der Waals surface area contributed by atoms with Gasteiger partial charge in [-0.1, -0.05) is 68.2 Å². The summed E-state index contributed by atoms with van der Waals surface area (Å²) in [6.45, 7) is 17.8. The fourth-order valence-electron chi connectivity index (χ4n) is 0. The topological polar surface area (TPSA) is 52.0 Å². The van der Waals surface area contributed by atoms with Crippen molar-refractivity contribution >= 4 is 0 Å². The van der Waals surface area contributed by atoms with Crippen molar-refractivity contribution in [1.82, 2.24) is 0 Å². The summed E-state index contributed by atoms with van der Waals surface area (Å²) in [5, 5.41) is 0. The molecule has 0 aromatic carbocycles. The number of hydrogen-bond acceptors (Lipinski definition) is 2. The summed E-state index contributed by atoms with van der Waals surface area (Å²) in [6.07, 6.45) is 2.50. The minimum absolute atomic E-state index is 0.750. The van der Waals surface area contributed by atoms with E-state index in [0.717, 1.165) is 13.1 Å². The van der Waals surface area contributed by atoms with E-state index in [-0.39, 0.29) is 0 Å². The van der Waals surface area contributed by atoms with Gasteiger partial charge in [0.1, 0.15) is 0 Å². The summed E-state index contributed by atoms with van der Waals surface area (Å²) in [5.74, 6) is 0. The third-order valence-electron chi connectivity index (χ3n) is 0. The van der Waals surface area contributed by atoms with E-state index < -0.39 is 0 Å². The largest absolute Gasteiger partial charge is 0.331 e. The van der Waals surface area contributed by atoms with E-state index in [1.54, 1.807) is 0 Å². The van der Waals surface area contributed by atoms with Gasteiger partial charge in [0.2, 0.25) is 0 Å².